The second kappa shape index (κ2) is 12.9. The lowest BCUT2D eigenvalue weighted by Gasteiger charge is -2.07. The molecule has 8 nitrogen and oxygen atoms in total. The van der Waals surface area contributed by atoms with Gasteiger partial charge in [0.2, 0.25) is 0 Å². The number of hydrogen-bond acceptors (Lipinski definition) is 4. The highest BCUT2D eigenvalue weighted by Crippen LogP contribution is 2.17. The van der Waals surface area contributed by atoms with Crippen molar-refractivity contribution >= 4 is 47.1 Å². The Labute approximate surface area is 212 Å². The smallest absolute Gasteiger partial charge is 0.131 e. The van der Waals surface area contributed by atoms with Gasteiger partial charge in [-0.1, -0.05) is 18.2 Å². The van der Waals surface area contributed by atoms with Crippen LogP contribution in [-0.2, 0) is 0 Å². The summed E-state index contributed by atoms with van der Waals surface area (Å²) in [6.07, 6.45) is 0. The van der Waals surface area contributed by atoms with Crippen LogP contribution in [0.15, 0.2) is 92.8 Å². The number of hydrogen-bond donors (Lipinski definition) is 4. The molecule has 0 fully saturated rings. The van der Waals surface area contributed by atoms with Gasteiger partial charge < -0.3 is 22.9 Å². The van der Waals surface area contributed by atoms with Gasteiger partial charge in [0.15, 0.2) is 0 Å². The first-order valence-electron chi connectivity index (χ1n) is 11.0. The van der Waals surface area contributed by atoms with E-state index < -0.39 is 0 Å². The van der Waals surface area contributed by atoms with E-state index >= 15 is 0 Å². The number of rotatable bonds is 8. The molecule has 0 saturated carbocycles. The Morgan fingerprint density at radius 2 is 0.914 bits per heavy atom. The topological polar surface area (TPSA) is 154 Å². The van der Waals surface area contributed by atoms with Crippen LogP contribution in [-0.4, -0.2) is 36.4 Å². The highest BCUT2D eigenvalue weighted by atomic mass is 35.5. The van der Waals surface area contributed by atoms with Crippen molar-refractivity contribution in [2.75, 3.05) is 13.1 Å². The highest BCUT2D eigenvalue weighted by molar-refractivity contribution is 6.04. The van der Waals surface area contributed by atoms with Gasteiger partial charge in [-0.05, 0) is 68.4 Å². The average molecular weight is 491 g/mol. The Kier molecular flexibility index (Phi) is 9.98. The Morgan fingerprint density at radius 3 is 1.26 bits per heavy atom. The van der Waals surface area contributed by atoms with Gasteiger partial charge in [-0.3, -0.25) is 9.98 Å². The van der Waals surface area contributed by atoms with Crippen LogP contribution in [0.2, 0.25) is 0 Å². The van der Waals surface area contributed by atoms with E-state index in [1.165, 1.54) is 0 Å². The molecule has 0 heterocycles. The second-order valence-corrected chi connectivity index (χ2v) is 7.39. The minimum atomic E-state index is 0. The number of benzene rings is 3. The Balaban J connectivity index is 0.00000432. The van der Waals surface area contributed by atoms with E-state index in [9.17, 15) is 0 Å². The Hall–Kier alpha value is -4.17. The van der Waals surface area contributed by atoms with Crippen LogP contribution < -0.4 is 22.9 Å². The van der Waals surface area contributed by atoms with Crippen molar-refractivity contribution in [1.82, 2.24) is 0 Å². The predicted octanol–water partition coefficient (Wildman–Crippen LogP) is 3.63. The zero-order valence-electron chi connectivity index (χ0n) is 19.8. The maximum absolute atomic E-state index is 6.26. The van der Waals surface area contributed by atoms with E-state index in [4.69, 9.17) is 22.9 Å². The SMILES string of the molecule is CCN=C(N)c1ccc(N=C(N)c2cccc(C(N)=Nc3ccc(C(N)=NCC)cc3)c2)cc1.Cl. The quantitative estimate of drug-likeness (QED) is 0.281. The third-order valence-corrected chi connectivity index (χ3v) is 4.94. The van der Waals surface area contributed by atoms with Gasteiger partial charge in [0.1, 0.15) is 23.3 Å². The molecule has 182 valence electrons. The van der Waals surface area contributed by atoms with E-state index in [0.717, 1.165) is 22.3 Å². The molecule has 0 spiro atoms. The van der Waals surface area contributed by atoms with Gasteiger partial charge in [-0.25, -0.2) is 9.98 Å². The fourth-order valence-corrected chi connectivity index (χ4v) is 3.18. The van der Waals surface area contributed by atoms with Crippen LogP contribution in [0.5, 0.6) is 0 Å². The summed E-state index contributed by atoms with van der Waals surface area (Å²) in [5, 5.41) is 0. The monoisotopic (exact) mass is 490 g/mol. The molecule has 0 bridgehead atoms. The fourth-order valence-electron chi connectivity index (χ4n) is 3.18. The first-order chi connectivity index (χ1) is 16.4. The van der Waals surface area contributed by atoms with Gasteiger partial charge in [0, 0.05) is 35.3 Å². The molecule has 3 aromatic carbocycles. The zero-order valence-corrected chi connectivity index (χ0v) is 20.7. The summed E-state index contributed by atoms with van der Waals surface area (Å²) in [4.78, 5) is 17.4. The van der Waals surface area contributed by atoms with E-state index in [0.29, 0.717) is 47.8 Å². The van der Waals surface area contributed by atoms with Crippen LogP contribution in [0, 0.1) is 0 Å². The summed E-state index contributed by atoms with van der Waals surface area (Å²) in [6, 6.07) is 22.4. The van der Waals surface area contributed by atoms with Crippen molar-refractivity contribution in [3.63, 3.8) is 0 Å². The number of nitrogens with two attached hydrogens (primary N) is 4. The largest absolute Gasteiger partial charge is 0.384 e. The third-order valence-electron chi connectivity index (χ3n) is 4.94. The molecule has 0 aliphatic heterocycles. The van der Waals surface area contributed by atoms with E-state index in [1.807, 2.05) is 86.6 Å². The molecule has 0 aromatic heterocycles. The molecule has 0 unspecified atom stereocenters. The highest BCUT2D eigenvalue weighted by Gasteiger charge is 2.06. The minimum absolute atomic E-state index is 0. The molecular weight excluding hydrogens is 460 g/mol. The molecule has 0 aliphatic rings. The molecule has 0 saturated heterocycles. The van der Waals surface area contributed by atoms with Crippen molar-refractivity contribution in [3.05, 3.63) is 95.1 Å². The molecule has 0 atom stereocenters. The van der Waals surface area contributed by atoms with Gasteiger partial charge >= 0.3 is 0 Å². The molecule has 3 aromatic rings. The lowest BCUT2D eigenvalue weighted by atomic mass is 10.1. The maximum atomic E-state index is 6.26. The summed E-state index contributed by atoms with van der Waals surface area (Å²) in [5.74, 6) is 1.74. The van der Waals surface area contributed by atoms with Crippen molar-refractivity contribution in [1.29, 1.82) is 0 Å². The summed E-state index contributed by atoms with van der Waals surface area (Å²) in [7, 11) is 0. The Bertz CT molecular complexity index is 1150. The number of aliphatic imine (C=N–C) groups is 4. The van der Waals surface area contributed by atoms with E-state index in [1.54, 1.807) is 0 Å². The fraction of sp³-hybridized carbons (Fsp3) is 0.154. The normalized spacial score (nSPS) is 12.9. The molecule has 8 N–H and O–H groups in total. The van der Waals surface area contributed by atoms with Crippen LogP contribution in [0.25, 0.3) is 0 Å². The summed E-state index contributed by atoms with van der Waals surface area (Å²) >= 11 is 0. The number of halogens is 1. The molecule has 35 heavy (non-hydrogen) atoms. The van der Waals surface area contributed by atoms with Crippen molar-refractivity contribution in [2.24, 2.45) is 42.9 Å². The summed E-state index contributed by atoms with van der Waals surface area (Å²) in [6.45, 7) is 5.14. The lowest BCUT2D eigenvalue weighted by Crippen LogP contribution is -2.17. The Morgan fingerprint density at radius 1 is 0.543 bits per heavy atom. The molecule has 9 heteroatoms. The second-order valence-electron chi connectivity index (χ2n) is 7.39. The number of amidine groups is 4. The van der Waals surface area contributed by atoms with Crippen LogP contribution in [0.3, 0.4) is 0 Å². The standard InChI is InChI=1S/C26H30N8.ClH/c1-3-31-23(27)17-8-12-21(13-9-17)33-25(29)19-6-5-7-20(16-19)26(30)34-22-14-10-18(11-15-22)24(28)32-4-2;/h5-16H,3-4H2,1-2H3,(H2,27,31)(H2,28,32)(H2,29,33)(H2,30,34);1H. The third kappa shape index (κ3) is 7.41. The van der Waals surface area contributed by atoms with Crippen molar-refractivity contribution in [3.8, 4) is 0 Å². The molecule has 0 aliphatic carbocycles. The van der Waals surface area contributed by atoms with Crippen LogP contribution >= 0.6 is 12.4 Å². The van der Waals surface area contributed by atoms with E-state index in [2.05, 4.69) is 20.0 Å². The summed E-state index contributed by atoms with van der Waals surface area (Å²) < 4.78 is 0. The van der Waals surface area contributed by atoms with Gasteiger partial charge in [0.25, 0.3) is 0 Å². The first kappa shape index (κ1) is 27.1. The van der Waals surface area contributed by atoms with Crippen LogP contribution in [0.4, 0.5) is 11.4 Å². The van der Waals surface area contributed by atoms with Gasteiger partial charge in [0.05, 0.1) is 11.4 Å². The van der Waals surface area contributed by atoms with Gasteiger partial charge in [-0.15, -0.1) is 12.4 Å². The maximum Gasteiger partial charge on any atom is 0.131 e. The van der Waals surface area contributed by atoms with Crippen molar-refractivity contribution in [2.45, 2.75) is 13.8 Å². The van der Waals surface area contributed by atoms with Crippen molar-refractivity contribution < 1.29 is 0 Å². The summed E-state index contributed by atoms with van der Waals surface area (Å²) in [5.41, 5.74) is 29.0. The van der Waals surface area contributed by atoms with E-state index in [-0.39, 0.29) is 12.4 Å². The van der Waals surface area contributed by atoms with Crippen LogP contribution in [0.1, 0.15) is 36.1 Å². The molecule has 3 rings (SSSR count). The first-order valence-corrected chi connectivity index (χ1v) is 11.0. The molecular formula is C26H31ClN8. The predicted molar refractivity (Wildman–Crippen MR) is 150 cm³/mol. The number of nitrogens with zero attached hydrogens (tertiary/aromatic N) is 4. The molecule has 0 radical (unpaired) electrons. The average Bonchev–Trinajstić information content (AvgIpc) is 2.85. The minimum Gasteiger partial charge on any atom is -0.384 e. The lowest BCUT2D eigenvalue weighted by molar-refractivity contribution is 1.12. The zero-order chi connectivity index (χ0) is 24.5. The van der Waals surface area contributed by atoms with Gasteiger partial charge in [-0.2, -0.15) is 0 Å². The molecule has 0 amide bonds.